The Balaban J connectivity index is 1.35. The van der Waals surface area contributed by atoms with E-state index in [0.29, 0.717) is 54.6 Å². The van der Waals surface area contributed by atoms with Gasteiger partial charge in [-0.15, -0.1) is 0 Å². The first-order valence-corrected chi connectivity index (χ1v) is 16.9. The molecule has 43 heavy (non-hydrogen) atoms. The molecule has 0 spiro atoms. The van der Waals surface area contributed by atoms with Crippen molar-refractivity contribution in [2.24, 2.45) is 5.92 Å². The lowest BCUT2D eigenvalue weighted by molar-refractivity contribution is -0.155. The number of ether oxygens (including phenoxy) is 2. The van der Waals surface area contributed by atoms with E-state index in [1.54, 1.807) is 58.8 Å². The first-order valence-electron chi connectivity index (χ1n) is 14.6. The molecule has 236 valence electrons. The molecule has 0 unspecified atom stereocenters. The van der Waals surface area contributed by atoms with Crippen molar-refractivity contribution in [1.82, 2.24) is 20.1 Å². The molecule has 0 atom stereocenters. The number of carbonyl (C=O) groups is 4. The lowest BCUT2D eigenvalue weighted by atomic mass is 9.91. The van der Waals surface area contributed by atoms with Gasteiger partial charge in [0, 0.05) is 48.5 Å². The van der Waals surface area contributed by atoms with Gasteiger partial charge in [-0.3, -0.25) is 19.2 Å². The predicted molar refractivity (Wildman–Crippen MR) is 167 cm³/mol. The Hall–Kier alpha value is -3.06. The summed E-state index contributed by atoms with van der Waals surface area (Å²) in [6, 6.07) is 5.11. The van der Waals surface area contributed by atoms with Gasteiger partial charge in [0.25, 0.3) is 5.91 Å². The van der Waals surface area contributed by atoms with E-state index < -0.39 is 11.9 Å². The molecule has 1 saturated carbocycles. The molecule has 1 fully saturated rings. The Morgan fingerprint density at radius 1 is 1.05 bits per heavy atom. The number of aromatic nitrogens is 2. The lowest BCUT2D eigenvalue weighted by Crippen LogP contribution is -2.41. The third kappa shape index (κ3) is 10.9. The van der Waals surface area contributed by atoms with Crippen molar-refractivity contribution in [2.45, 2.75) is 84.3 Å². The molecule has 2 aromatic rings. The van der Waals surface area contributed by atoms with Gasteiger partial charge in [-0.25, -0.2) is 4.63 Å². The summed E-state index contributed by atoms with van der Waals surface area (Å²) in [6.07, 6.45) is 4.69. The average molecular weight is 635 g/mol. The predicted octanol–water partition coefficient (Wildman–Crippen LogP) is 5.61. The highest BCUT2D eigenvalue weighted by Crippen LogP contribution is 2.36. The van der Waals surface area contributed by atoms with E-state index in [2.05, 4.69) is 24.2 Å². The summed E-state index contributed by atoms with van der Waals surface area (Å²) in [5, 5.41) is 7.56. The summed E-state index contributed by atoms with van der Waals surface area (Å²) in [5.74, 6) is 0.604. The van der Waals surface area contributed by atoms with Crippen molar-refractivity contribution in [3.05, 3.63) is 34.4 Å². The minimum Gasteiger partial charge on any atom is -0.465 e. The third-order valence-corrected chi connectivity index (χ3v) is 10.1. The molecule has 11 nitrogen and oxygen atoms in total. The van der Waals surface area contributed by atoms with Crippen LogP contribution in [0.3, 0.4) is 0 Å². The molecule has 2 amide bonds. The first kappa shape index (κ1) is 34.4. The Kier molecular flexibility index (Phi) is 13.8. The van der Waals surface area contributed by atoms with E-state index in [0.717, 1.165) is 29.2 Å². The fraction of sp³-hybridized carbons (Fsp3) is 0.600. The maximum atomic E-state index is 13.0. The van der Waals surface area contributed by atoms with Gasteiger partial charge < -0.3 is 19.3 Å². The van der Waals surface area contributed by atoms with Crippen LogP contribution < -0.4 is 0 Å². The fourth-order valence-corrected chi connectivity index (χ4v) is 7.37. The van der Waals surface area contributed by atoms with E-state index >= 15 is 0 Å². The average Bonchev–Trinajstić information content (AvgIpc) is 3.48. The van der Waals surface area contributed by atoms with Crippen LogP contribution in [-0.4, -0.2) is 83.0 Å². The first-order chi connectivity index (χ1) is 20.6. The van der Waals surface area contributed by atoms with E-state index in [1.165, 1.54) is 4.90 Å². The smallest absolute Gasteiger partial charge is 0.306 e. The van der Waals surface area contributed by atoms with Gasteiger partial charge in [-0.05, 0) is 73.5 Å². The van der Waals surface area contributed by atoms with Crippen LogP contribution in [0.1, 0.15) is 82.5 Å². The van der Waals surface area contributed by atoms with Crippen LogP contribution in [0.2, 0.25) is 0 Å². The van der Waals surface area contributed by atoms with Gasteiger partial charge in [0.1, 0.15) is 17.1 Å². The van der Waals surface area contributed by atoms with Gasteiger partial charge in [0.15, 0.2) is 0 Å². The zero-order valence-electron chi connectivity index (χ0n) is 25.6. The molecule has 1 aliphatic rings. The highest BCUT2D eigenvalue weighted by molar-refractivity contribution is 8.78. The minimum atomic E-state index is -0.460. The number of benzene rings is 1. The van der Waals surface area contributed by atoms with Crippen molar-refractivity contribution in [3.8, 4) is 0 Å². The van der Waals surface area contributed by atoms with Crippen LogP contribution in [0.25, 0.3) is 11.0 Å². The highest BCUT2D eigenvalue weighted by atomic mass is 33.1. The summed E-state index contributed by atoms with van der Waals surface area (Å²) in [4.78, 5) is 53.1. The molecule has 1 aromatic carbocycles. The standard InChI is InChI=1S/C30H42N4O7S2/c1-20(2)15-17-42-43-27(21(3)33(4)19-35)14-16-39-28(36)12-13-29(37)40-24-9-7-23(8-10-24)34(5)30(38)22-6-11-25-26(18-22)32-41-31-25/h6,11,18-20,23-24H,7-10,12-17H2,1-5H3/b27-21-/t23-,24-. The number of carbonyl (C=O) groups excluding carboxylic acids is 4. The monoisotopic (exact) mass is 634 g/mol. The minimum absolute atomic E-state index is 0.0317. The zero-order valence-corrected chi connectivity index (χ0v) is 27.2. The molecule has 1 aliphatic carbocycles. The summed E-state index contributed by atoms with van der Waals surface area (Å²) in [7, 11) is 6.81. The zero-order chi connectivity index (χ0) is 31.4. The second-order valence-corrected chi connectivity index (χ2v) is 13.6. The number of allylic oxidation sites excluding steroid dienone is 1. The van der Waals surface area contributed by atoms with E-state index in [-0.39, 0.29) is 37.5 Å². The molecular weight excluding hydrogens is 592 g/mol. The molecule has 0 radical (unpaired) electrons. The second-order valence-electron chi connectivity index (χ2n) is 11.1. The lowest BCUT2D eigenvalue weighted by Gasteiger charge is -2.34. The van der Waals surface area contributed by atoms with Gasteiger partial charge in [0.2, 0.25) is 6.41 Å². The maximum Gasteiger partial charge on any atom is 0.306 e. The SMILES string of the molecule is C/C(=C(\CCOC(=O)CCC(=O)O[C@H]1CC[C@H](N(C)C(=O)c2ccc3nonc3c2)CC1)SSCCC(C)C)N(C)C=O. The molecule has 0 saturated heterocycles. The summed E-state index contributed by atoms with van der Waals surface area (Å²) in [6.45, 7) is 6.40. The topological polar surface area (TPSA) is 132 Å². The van der Waals surface area contributed by atoms with Gasteiger partial charge in [-0.2, -0.15) is 0 Å². The Morgan fingerprint density at radius 3 is 2.44 bits per heavy atom. The summed E-state index contributed by atoms with van der Waals surface area (Å²) >= 11 is 0. The van der Waals surface area contributed by atoms with E-state index in [4.69, 9.17) is 14.1 Å². The van der Waals surface area contributed by atoms with Gasteiger partial charge >= 0.3 is 11.9 Å². The number of rotatable bonds is 16. The highest BCUT2D eigenvalue weighted by Gasteiger charge is 2.29. The largest absolute Gasteiger partial charge is 0.465 e. The van der Waals surface area contributed by atoms with Crippen LogP contribution in [0.5, 0.6) is 0 Å². The number of nitrogens with zero attached hydrogens (tertiary/aromatic N) is 4. The third-order valence-electron chi connectivity index (χ3n) is 7.46. The number of fused-ring (bicyclic) bond motifs is 1. The van der Waals surface area contributed by atoms with Crippen LogP contribution in [-0.2, 0) is 23.9 Å². The Labute approximate surface area is 260 Å². The van der Waals surface area contributed by atoms with Gasteiger partial charge in [0.05, 0.1) is 19.4 Å². The summed E-state index contributed by atoms with van der Waals surface area (Å²) in [5.41, 5.74) is 2.47. The Morgan fingerprint density at radius 2 is 1.74 bits per heavy atom. The number of amides is 2. The van der Waals surface area contributed by atoms with E-state index in [9.17, 15) is 19.2 Å². The van der Waals surface area contributed by atoms with Crippen molar-refractivity contribution in [2.75, 3.05) is 26.5 Å². The van der Waals surface area contributed by atoms with Crippen molar-refractivity contribution in [3.63, 3.8) is 0 Å². The molecule has 1 aromatic heterocycles. The number of hydrogen-bond donors (Lipinski definition) is 0. The quantitative estimate of drug-likeness (QED) is 0.0988. The maximum absolute atomic E-state index is 13.0. The van der Waals surface area contributed by atoms with E-state index in [1.807, 2.05) is 6.92 Å². The van der Waals surface area contributed by atoms with Crippen LogP contribution in [0, 0.1) is 5.92 Å². The van der Waals surface area contributed by atoms with Crippen molar-refractivity contribution in [1.29, 1.82) is 0 Å². The molecule has 3 rings (SSSR count). The summed E-state index contributed by atoms with van der Waals surface area (Å²) < 4.78 is 15.7. The number of hydrogen-bond acceptors (Lipinski definition) is 11. The van der Waals surface area contributed by atoms with Gasteiger partial charge in [-0.1, -0.05) is 35.4 Å². The van der Waals surface area contributed by atoms with Crippen LogP contribution >= 0.6 is 21.6 Å². The fourth-order valence-electron chi connectivity index (χ4n) is 4.57. The number of esters is 2. The normalized spacial score (nSPS) is 17.3. The molecule has 0 N–H and O–H groups in total. The van der Waals surface area contributed by atoms with Crippen molar-refractivity contribution >= 4 is 56.9 Å². The molecule has 0 bridgehead atoms. The Bertz CT molecular complexity index is 1270. The second kappa shape index (κ2) is 17.3. The molecule has 13 heteroatoms. The van der Waals surface area contributed by atoms with Crippen LogP contribution in [0.4, 0.5) is 0 Å². The molecule has 1 heterocycles. The van der Waals surface area contributed by atoms with Crippen molar-refractivity contribution < 1.29 is 33.3 Å². The molecule has 0 aliphatic heterocycles. The van der Waals surface area contributed by atoms with Crippen LogP contribution in [0.15, 0.2) is 33.4 Å². The molecular formula is C30H42N4O7S2.